The molecule has 3 amide bonds. The third-order valence-electron chi connectivity index (χ3n) is 2.75. The summed E-state index contributed by atoms with van der Waals surface area (Å²) in [6, 6.07) is -0.905. The van der Waals surface area contributed by atoms with Gasteiger partial charge < -0.3 is 26.8 Å². The Morgan fingerprint density at radius 1 is 1.44 bits per heavy atom. The van der Waals surface area contributed by atoms with Crippen molar-refractivity contribution in [2.24, 2.45) is 16.9 Å². The van der Waals surface area contributed by atoms with Crippen LogP contribution in [0.15, 0.2) is 0 Å². The molecule has 0 aromatic carbocycles. The Labute approximate surface area is 93.9 Å². The largest absolute Gasteiger partial charge is 0.379 e. The van der Waals surface area contributed by atoms with Crippen LogP contribution in [0.5, 0.6) is 0 Å². The molecule has 92 valence electrons. The second kappa shape index (κ2) is 5.13. The number of hydrogen-bond acceptors (Lipinski definition) is 4. The zero-order valence-corrected chi connectivity index (χ0v) is 9.29. The summed E-state index contributed by atoms with van der Waals surface area (Å²) in [5.41, 5.74) is 9.98. The number of ether oxygens (including phenoxy) is 1. The first-order valence-corrected chi connectivity index (χ1v) is 5.12. The molecule has 6 N–H and O–H groups in total. The van der Waals surface area contributed by atoms with Crippen molar-refractivity contribution >= 4 is 11.9 Å². The highest BCUT2D eigenvalue weighted by Gasteiger charge is 2.44. The maximum absolute atomic E-state index is 11.8. The van der Waals surface area contributed by atoms with Gasteiger partial charge in [0.05, 0.1) is 18.6 Å². The predicted octanol–water partition coefficient (Wildman–Crippen LogP) is -1.87. The lowest BCUT2D eigenvalue weighted by molar-refractivity contribution is -0.130. The molecule has 1 aliphatic heterocycles. The Morgan fingerprint density at radius 2 is 2.06 bits per heavy atom. The molecule has 1 heterocycles. The minimum absolute atomic E-state index is 0.163. The number of nitrogens with two attached hydrogens (primary N) is 2. The summed E-state index contributed by atoms with van der Waals surface area (Å²) in [4.78, 5) is 22.2. The van der Waals surface area contributed by atoms with Crippen LogP contribution in [0.25, 0.3) is 0 Å². The topological polar surface area (TPSA) is 119 Å². The smallest absolute Gasteiger partial charge is 0.312 e. The van der Waals surface area contributed by atoms with Crippen molar-refractivity contribution < 1.29 is 14.3 Å². The van der Waals surface area contributed by atoms with Crippen molar-refractivity contribution in [3.63, 3.8) is 0 Å². The monoisotopic (exact) mass is 230 g/mol. The van der Waals surface area contributed by atoms with E-state index in [1.165, 1.54) is 0 Å². The Kier molecular flexibility index (Phi) is 4.08. The zero-order valence-electron chi connectivity index (χ0n) is 9.29. The molecule has 0 aliphatic carbocycles. The van der Waals surface area contributed by atoms with Crippen molar-refractivity contribution in [2.45, 2.75) is 13.0 Å². The molecule has 1 fully saturated rings. The minimum atomic E-state index is -0.688. The number of carbonyl (C=O) groups is 2. The minimum Gasteiger partial charge on any atom is -0.379 e. The van der Waals surface area contributed by atoms with Gasteiger partial charge in [0.2, 0.25) is 5.91 Å². The fourth-order valence-electron chi connectivity index (χ4n) is 1.49. The van der Waals surface area contributed by atoms with Crippen LogP contribution >= 0.6 is 0 Å². The summed E-state index contributed by atoms with van der Waals surface area (Å²) in [6.45, 7) is 3.10. The van der Waals surface area contributed by atoms with E-state index in [0.717, 1.165) is 0 Å². The van der Waals surface area contributed by atoms with Gasteiger partial charge in [0.15, 0.2) is 0 Å². The molecule has 1 rings (SSSR count). The fourth-order valence-corrected chi connectivity index (χ4v) is 1.49. The van der Waals surface area contributed by atoms with E-state index in [-0.39, 0.29) is 11.9 Å². The molecule has 0 spiro atoms. The molecule has 16 heavy (non-hydrogen) atoms. The van der Waals surface area contributed by atoms with Crippen LogP contribution in [0, 0.1) is 5.41 Å². The molecular formula is C9H18N4O3. The summed E-state index contributed by atoms with van der Waals surface area (Å²) in [7, 11) is 0. The van der Waals surface area contributed by atoms with E-state index in [2.05, 4.69) is 10.6 Å². The van der Waals surface area contributed by atoms with Crippen molar-refractivity contribution in [1.29, 1.82) is 0 Å². The van der Waals surface area contributed by atoms with Crippen LogP contribution in [0.4, 0.5) is 4.79 Å². The van der Waals surface area contributed by atoms with Gasteiger partial charge in [-0.15, -0.1) is 0 Å². The maximum Gasteiger partial charge on any atom is 0.312 e. The van der Waals surface area contributed by atoms with E-state index in [9.17, 15) is 9.59 Å². The van der Waals surface area contributed by atoms with Crippen molar-refractivity contribution in [1.82, 2.24) is 10.6 Å². The first-order valence-electron chi connectivity index (χ1n) is 5.12. The fraction of sp³-hybridized carbons (Fsp3) is 0.778. The van der Waals surface area contributed by atoms with E-state index in [0.29, 0.717) is 26.3 Å². The molecule has 0 bridgehead atoms. The average Bonchev–Trinajstić information content (AvgIpc) is 2.55. The summed E-state index contributed by atoms with van der Waals surface area (Å²) in [6.07, 6.45) is 0. The molecule has 1 aliphatic rings. The van der Waals surface area contributed by atoms with Crippen LogP contribution in [-0.4, -0.2) is 44.3 Å². The van der Waals surface area contributed by atoms with E-state index in [4.69, 9.17) is 16.2 Å². The molecule has 7 nitrogen and oxygen atoms in total. The van der Waals surface area contributed by atoms with E-state index >= 15 is 0 Å². The average molecular weight is 230 g/mol. The quantitative estimate of drug-likeness (QED) is 0.423. The van der Waals surface area contributed by atoms with Gasteiger partial charge in [-0.2, -0.15) is 0 Å². The summed E-state index contributed by atoms with van der Waals surface area (Å²) in [5, 5.41) is 5.06. The van der Waals surface area contributed by atoms with Crippen molar-refractivity contribution in [3.05, 3.63) is 0 Å². The second-order valence-corrected chi connectivity index (χ2v) is 4.09. The standard InChI is InChI=1S/C9H18N4O3/c1-9(5-16-4-6(9)10)7(14)12-2-3-13-8(11)15/h6H,2-5,10H2,1H3,(H,12,14)(H3,11,13,15). The van der Waals surface area contributed by atoms with Gasteiger partial charge in [-0.3, -0.25) is 4.79 Å². The molecule has 0 aromatic rings. The number of amides is 3. The SMILES string of the molecule is CC1(C(=O)NCCNC(N)=O)COCC1N. The number of rotatable bonds is 4. The van der Waals surface area contributed by atoms with Gasteiger partial charge in [-0.1, -0.05) is 0 Å². The molecule has 7 heteroatoms. The molecule has 2 atom stereocenters. The van der Waals surface area contributed by atoms with Gasteiger partial charge in [-0.05, 0) is 6.92 Å². The molecule has 0 aromatic heterocycles. The van der Waals surface area contributed by atoms with E-state index < -0.39 is 11.4 Å². The molecule has 0 saturated carbocycles. The Hall–Kier alpha value is -1.34. The highest BCUT2D eigenvalue weighted by atomic mass is 16.5. The molecular weight excluding hydrogens is 212 g/mol. The second-order valence-electron chi connectivity index (χ2n) is 4.09. The Balaban J connectivity index is 2.32. The van der Waals surface area contributed by atoms with Crippen molar-refractivity contribution in [2.75, 3.05) is 26.3 Å². The van der Waals surface area contributed by atoms with Crippen LogP contribution in [0.3, 0.4) is 0 Å². The predicted molar refractivity (Wildman–Crippen MR) is 57.5 cm³/mol. The third kappa shape index (κ3) is 2.83. The first-order chi connectivity index (χ1) is 7.47. The molecule has 0 radical (unpaired) electrons. The van der Waals surface area contributed by atoms with Crippen LogP contribution in [-0.2, 0) is 9.53 Å². The first kappa shape index (κ1) is 12.7. The van der Waals surface area contributed by atoms with Gasteiger partial charge in [0.1, 0.15) is 0 Å². The number of primary amides is 1. The van der Waals surface area contributed by atoms with Crippen LogP contribution in [0.2, 0.25) is 0 Å². The van der Waals surface area contributed by atoms with Gasteiger partial charge in [-0.25, -0.2) is 4.79 Å². The number of carbonyl (C=O) groups excluding carboxylic acids is 2. The third-order valence-corrected chi connectivity index (χ3v) is 2.75. The lowest BCUT2D eigenvalue weighted by Gasteiger charge is -2.25. The van der Waals surface area contributed by atoms with Gasteiger partial charge >= 0.3 is 6.03 Å². The number of hydrogen-bond donors (Lipinski definition) is 4. The molecule has 2 unspecified atom stereocenters. The van der Waals surface area contributed by atoms with Crippen LogP contribution in [0.1, 0.15) is 6.92 Å². The van der Waals surface area contributed by atoms with Gasteiger partial charge in [0, 0.05) is 19.1 Å². The number of nitrogens with one attached hydrogen (secondary N) is 2. The summed E-state index contributed by atoms with van der Waals surface area (Å²) in [5.74, 6) is -0.163. The maximum atomic E-state index is 11.8. The molecule has 1 saturated heterocycles. The van der Waals surface area contributed by atoms with E-state index in [1.54, 1.807) is 6.92 Å². The highest BCUT2D eigenvalue weighted by molar-refractivity contribution is 5.83. The summed E-state index contributed by atoms with van der Waals surface area (Å²) < 4.78 is 5.16. The van der Waals surface area contributed by atoms with E-state index in [1.807, 2.05) is 0 Å². The summed E-state index contributed by atoms with van der Waals surface area (Å²) >= 11 is 0. The lowest BCUT2D eigenvalue weighted by Crippen LogP contribution is -2.51. The normalized spacial score (nSPS) is 28.8. The van der Waals surface area contributed by atoms with Crippen LogP contribution < -0.4 is 22.1 Å². The Morgan fingerprint density at radius 3 is 2.56 bits per heavy atom. The van der Waals surface area contributed by atoms with Crippen molar-refractivity contribution in [3.8, 4) is 0 Å². The highest BCUT2D eigenvalue weighted by Crippen LogP contribution is 2.26. The zero-order chi connectivity index (χ0) is 12.2. The Bertz CT molecular complexity index is 284. The number of urea groups is 1. The van der Waals surface area contributed by atoms with Gasteiger partial charge in [0.25, 0.3) is 0 Å². The lowest BCUT2D eigenvalue weighted by atomic mass is 9.85.